The van der Waals surface area contributed by atoms with Crippen LogP contribution in [0.5, 0.6) is 0 Å². The van der Waals surface area contributed by atoms with E-state index < -0.39 is 10.9 Å². The molecule has 15 heavy (non-hydrogen) atoms. The van der Waals surface area contributed by atoms with Crippen LogP contribution in [0.3, 0.4) is 0 Å². The summed E-state index contributed by atoms with van der Waals surface area (Å²) in [6, 6.07) is 4.26. The number of hydrogen-bond acceptors (Lipinski definition) is 4. The number of rotatable bonds is 4. The Morgan fingerprint density at radius 3 is 2.73 bits per heavy atom. The lowest BCUT2D eigenvalue weighted by Gasteiger charge is -2.04. The highest BCUT2D eigenvalue weighted by Gasteiger charge is 2.23. The van der Waals surface area contributed by atoms with Gasteiger partial charge in [-0.3, -0.25) is 10.1 Å². The van der Waals surface area contributed by atoms with Crippen LogP contribution >= 0.6 is 11.8 Å². The topological polar surface area (TPSA) is 80.4 Å². The number of nitro benzene ring substituents is 1. The fraction of sp³-hybridized carbons (Fsp3) is 0.222. The van der Waals surface area contributed by atoms with Gasteiger partial charge in [-0.1, -0.05) is 13.0 Å². The molecule has 0 saturated carbocycles. The lowest BCUT2D eigenvalue weighted by atomic mass is 10.2. The molecule has 1 rings (SSSR count). The summed E-state index contributed by atoms with van der Waals surface area (Å²) in [5, 5.41) is 19.5. The molecule has 0 radical (unpaired) electrons. The summed E-state index contributed by atoms with van der Waals surface area (Å²) in [4.78, 5) is 21.3. The minimum atomic E-state index is -1.27. The molecule has 5 nitrogen and oxygen atoms in total. The molecule has 0 aliphatic rings. The highest BCUT2D eigenvalue weighted by atomic mass is 32.2. The number of nitro groups is 1. The van der Waals surface area contributed by atoms with Crippen LogP contribution in [-0.2, 0) is 0 Å². The van der Waals surface area contributed by atoms with Gasteiger partial charge in [0.1, 0.15) is 0 Å². The molecule has 0 aromatic heterocycles. The summed E-state index contributed by atoms with van der Waals surface area (Å²) < 4.78 is 0. The molecule has 80 valence electrons. The largest absolute Gasteiger partial charge is 0.477 e. The van der Waals surface area contributed by atoms with E-state index in [9.17, 15) is 14.9 Å². The van der Waals surface area contributed by atoms with E-state index in [0.29, 0.717) is 10.6 Å². The summed E-state index contributed by atoms with van der Waals surface area (Å²) in [6.45, 7) is 1.86. The van der Waals surface area contributed by atoms with Crippen molar-refractivity contribution in [1.29, 1.82) is 0 Å². The van der Waals surface area contributed by atoms with Gasteiger partial charge in [-0.15, -0.1) is 11.8 Å². The number of benzene rings is 1. The smallest absolute Gasteiger partial charge is 0.343 e. The maximum Gasteiger partial charge on any atom is 0.343 e. The van der Waals surface area contributed by atoms with Crippen LogP contribution in [-0.4, -0.2) is 21.8 Å². The Hall–Kier alpha value is -1.56. The number of carboxylic acid groups (broad SMARTS) is 1. The lowest BCUT2D eigenvalue weighted by Crippen LogP contribution is -2.04. The Kier molecular flexibility index (Phi) is 3.68. The van der Waals surface area contributed by atoms with E-state index in [-0.39, 0.29) is 11.3 Å². The molecule has 0 aliphatic carbocycles. The molecule has 0 heterocycles. The van der Waals surface area contributed by atoms with E-state index in [2.05, 4.69) is 0 Å². The van der Waals surface area contributed by atoms with Crippen molar-refractivity contribution in [1.82, 2.24) is 0 Å². The van der Waals surface area contributed by atoms with E-state index in [1.165, 1.54) is 23.9 Å². The van der Waals surface area contributed by atoms with Gasteiger partial charge in [0.2, 0.25) is 0 Å². The van der Waals surface area contributed by atoms with Crippen LogP contribution in [0.25, 0.3) is 0 Å². The summed E-state index contributed by atoms with van der Waals surface area (Å²) >= 11 is 1.28. The SMILES string of the molecule is CCSc1cccc([N+](=O)[O-])c1C(=O)O. The van der Waals surface area contributed by atoms with Crippen LogP contribution in [0.4, 0.5) is 5.69 Å². The van der Waals surface area contributed by atoms with Crippen LogP contribution in [0.2, 0.25) is 0 Å². The van der Waals surface area contributed by atoms with Gasteiger partial charge in [0.15, 0.2) is 5.56 Å². The maximum absolute atomic E-state index is 10.9. The Bertz CT molecular complexity index is 405. The van der Waals surface area contributed by atoms with E-state index in [0.717, 1.165) is 0 Å². The van der Waals surface area contributed by atoms with Gasteiger partial charge in [-0.2, -0.15) is 0 Å². The molecule has 0 fully saturated rings. The summed E-state index contributed by atoms with van der Waals surface area (Å²) in [5.74, 6) is -0.597. The van der Waals surface area contributed by atoms with Crippen molar-refractivity contribution in [3.8, 4) is 0 Å². The summed E-state index contributed by atoms with van der Waals surface area (Å²) in [7, 11) is 0. The molecular formula is C9H9NO4S. The first-order chi connectivity index (χ1) is 7.07. The van der Waals surface area contributed by atoms with Gasteiger partial charge in [0, 0.05) is 11.0 Å². The third kappa shape index (κ3) is 2.47. The second kappa shape index (κ2) is 4.79. The van der Waals surface area contributed by atoms with Crippen molar-refractivity contribution in [3.63, 3.8) is 0 Å². The van der Waals surface area contributed by atoms with Gasteiger partial charge in [-0.25, -0.2) is 4.79 Å². The Morgan fingerprint density at radius 1 is 1.60 bits per heavy atom. The van der Waals surface area contributed by atoms with Gasteiger partial charge < -0.3 is 5.11 Å². The molecule has 0 aliphatic heterocycles. The average molecular weight is 227 g/mol. The minimum Gasteiger partial charge on any atom is -0.477 e. The van der Waals surface area contributed by atoms with E-state index in [1.807, 2.05) is 6.92 Å². The van der Waals surface area contributed by atoms with Gasteiger partial charge in [0.25, 0.3) is 5.69 Å². The van der Waals surface area contributed by atoms with E-state index in [4.69, 9.17) is 5.11 Å². The average Bonchev–Trinajstić information content (AvgIpc) is 2.17. The molecule has 0 saturated heterocycles. The zero-order valence-electron chi connectivity index (χ0n) is 7.97. The Morgan fingerprint density at radius 2 is 2.27 bits per heavy atom. The fourth-order valence-corrected chi connectivity index (χ4v) is 1.98. The number of carbonyl (C=O) groups is 1. The van der Waals surface area contributed by atoms with Crippen LogP contribution in [0.1, 0.15) is 17.3 Å². The van der Waals surface area contributed by atoms with E-state index >= 15 is 0 Å². The molecule has 1 N–H and O–H groups in total. The molecule has 0 bridgehead atoms. The first-order valence-corrected chi connectivity index (χ1v) is 5.20. The zero-order chi connectivity index (χ0) is 11.4. The van der Waals surface area contributed by atoms with Crippen LogP contribution in [0, 0.1) is 10.1 Å². The number of hydrogen-bond donors (Lipinski definition) is 1. The fourth-order valence-electron chi connectivity index (χ4n) is 1.16. The lowest BCUT2D eigenvalue weighted by molar-refractivity contribution is -0.385. The third-order valence-corrected chi connectivity index (χ3v) is 2.65. The Balaban J connectivity index is 3.34. The normalized spacial score (nSPS) is 9.93. The molecule has 0 unspecified atom stereocenters. The number of carboxylic acids is 1. The zero-order valence-corrected chi connectivity index (χ0v) is 8.78. The Labute approximate surface area is 90.3 Å². The van der Waals surface area contributed by atoms with Crippen molar-refractivity contribution in [2.75, 3.05) is 5.75 Å². The number of aromatic carboxylic acids is 1. The summed E-state index contributed by atoms with van der Waals surface area (Å²) in [6.07, 6.45) is 0. The maximum atomic E-state index is 10.9. The number of nitrogens with zero attached hydrogens (tertiary/aromatic N) is 1. The van der Waals surface area contributed by atoms with Gasteiger partial charge in [-0.05, 0) is 11.8 Å². The second-order valence-corrected chi connectivity index (χ2v) is 3.95. The molecule has 0 spiro atoms. The third-order valence-electron chi connectivity index (χ3n) is 1.71. The summed E-state index contributed by atoms with van der Waals surface area (Å²) in [5.41, 5.74) is -0.588. The van der Waals surface area contributed by atoms with Crippen molar-refractivity contribution in [2.45, 2.75) is 11.8 Å². The quantitative estimate of drug-likeness (QED) is 0.485. The van der Waals surface area contributed by atoms with Gasteiger partial charge >= 0.3 is 5.97 Å². The standard InChI is InChI=1S/C9H9NO4S/c1-2-15-7-5-3-4-6(10(13)14)8(7)9(11)12/h3-5H,2H2,1H3,(H,11,12). The first-order valence-electron chi connectivity index (χ1n) is 4.21. The highest BCUT2D eigenvalue weighted by molar-refractivity contribution is 7.99. The van der Waals surface area contributed by atoms with E-state index in [1.54, 1.807) is 6.07 Å². The van der Waals surface area contributed by atoms with Crippen LogP contribution < -0.4 is 0 Å². The highest BCUT2D eigenvalue weighted by Crippen LogP contribution is 2.29. The predicted molar refractivity (Wildman–Crippen MR) is 56.5 cm³/mol. The monoisotopic (exact) mass is 227 g/mol. The van der Waals surface area contributed by atoms with Crippen molar-refractivity contribution in [3.05, 3.63) is 33.9 Å². The van der Waals surface area contributed by atoms with Crippen molar-refractivity contribution < 1.29 is 14.8 Å². The van der Waals surface area contributed by atoms with Crippen molar-refractivity contribution in [2.24, 2.45) is 0 Å². The number of thioether (sulfide) groups is 1. The first kappa shape index (κ1) is 11.5. The molecular weight excluding hydrogens is 218 g/mol. The molecule has 1 aromatic rings. The molecule has 6 heteroatoms. The molecule has 0 amide bonds. The molecule has 1 aromatic carbocycles. The molecule has 0 atom stereocenters. The second-order valence-electron chi connectivity index (χ2n) is 2.65. The van der Waals surface area contributed by atoms with Crippen LogP contribution in [0.15, 0.2) is 23.1 Å². The predicted octanol–water partition coefficient (Wildman–Crippen LogP) is 2.41. The minimum absolute atomic E-state index is 0.227. The van der Waals surface area contributed by atoms with Gasteiger partial charge in [0.05, 0.1) is 4.92 Å². The van der Waals surface area contributed by atoms with Crippen molar-refractivity contribution >= 4 is 23.4 Å².